The molecule has 1 atom stereocenters. The van der Waals surface area contributed by atoms with Crippen molar-refractivity contribution < 1.29 is 9.59 Å². The van der Waals surface area contributed by atoms with Crippen LogP contribution < -0.4 is 5.32 Å². The Labute approximate surface area is 180 Å². The summed E-state index contributed by atoms with van der Waals surface area (Å²) in [6.07, 6.45) is 0.0908. The third kappa shape index (κ3) is 5.00. The minimum atomic E-state index is -0.480. The highest BCUT2D eigenvalue weighted by molar-refractivity contribution is 8.15. The first kappa shape index (κ1) is 21.4. The van der Waals surface area contributed by atoms with Crippen molar-refractivity contribution in [3.63, 3.8) is 0 Å². The van der Waals surface area contributed by atoms with Crippen LogP contribution in [-0.4, -0.2) is 33.7 Å². The molecule has 152 valence electrons. The van der Waals surface area contributed by atoms with Crippen LogP contribution in [0.5, 0.6) is 0 Å². The Morgan fingerprint density at radius 1 is 1.17 bits per heavy atom. The van der Waals surface area contributed by atoms with Gasteiger partial charge in [-0.25, -0.2) is 4.99 Å². The van der Waals surface area contributed by atoms with Crippen molar-refractivity contribution in [2.75, 3.05) is 11.9 Å². The van der Waals surface area contributed by atoms with E-state index in [9.17, 15) is 9.59 Å². The zero-order valence-corrected chi connectivity index (χ0v) is 18.5. The van der Waals surface area contributed by atoms with E-state index in [0.29, 0.717) is 22.4 Å². The van der Waals surface area contributed by atoms with Crippen molar-refractivity contribution in [1.29, 1.82) is 0 Å². The van der Waals surface area contributed by atoms with Gasteiger partial charge in [-0.2, -0.15) is 0 Å². The van der Waals surface area contributed by atoms with Gasteiger partial charge in [0, 0.05) is 23.7 Å². The van der Waals surface area contributed by atoms with Crippen molar-refractivity contribution in [3.8, 4) is 0 Å². The Bertz CT molecular complexity index is 950. The van der Waals surface area contributed by atoms with E-state index in [1.807, 2.05) is 20.8 Å². The zero-order valence-electron chi connectivity index (χ0n) is 17.0. The molecular formula is C22H24ClN3O2S. The van der Waals surface area contributed by atoms with E-state index in [1.165, 1.54) is 17.3 Å². The number of nitrogens with one attached hydrogen (secondary N) is 1. The van der Waals surface area contributed by atoms with E-state index in [0.717, 1.165) is 16.8 Å². The van der Waals surface area contributed by atoms with Gasteiger partial charge in [0.25, 0.3) is 0 Å². The number of hydrogen-bond acceptors (Lipinski definition) is 4. The molecule has 1 aliphatic heterocycles. The van der Waals surface area contributed by atoms with Gasteiger partial charge < -0.3 is 5.32 Å². The summed E-state index contributed by atoms with van der Waals surface area (Å²) in [4.78, 5) is 31.7. The van der Waals surface area contributed by atoms with E-state index in [2.05, 4.69) is 24.4 Å². The lowest BCUT2D eigenvalue weighted by Crippen LogP contribution is -2.33. The molecule has 2 amide bonds. The molecule has 0 aromatic heterocycles. The van der Waals surface area contributed by atoms with Gasteiger partial charge in [0.1, 0.15) is 5.25 Å². The molecule has 0 bridgehead atoms. The Hall–Kier alpha value is -2.31. The molecule has 7 heteroatoms. The molecule has 0 saturated carbocycles. The number of carbonyl (C=O) groups excluding carboxylic acids is 2. The Morgan fingerprint density at radius 3 is 2.38 bits per heavy atom. The van der Waals surface area contributed by atoms with Gasteiger partial charge in [0.15, 0.2) is 5.17 Å². The number of thioether (sulfide) groups is 1. The van der Waals surface area contributed by atoms with Gasteiger partial charge in [0.2, 0.25) is 11.8 Å². The van der Waals surface area contributed by atoms with Crippen LogP contribution in [0.3, 0.4) is 0 Å². The number of benzene rings is 2. The maximum Gasteiger partial charge on any atom is 0.242 e. The maximum atomic E-state index is 12.8. The molecule has 1 aliphatic rings. The highest BCUT2D eigenvalue weighted by Crippen LogP contribution is 2.34. The van der Waals surface area contributed by atoms with Gasteiger partial charge in [-0.05, 0) is 63.1 Å². The Balaban J connectivity index is 1.76. The van der Waals surface area contributed by atoms with E-state index in [4.69, 9.17) is 16.6 Å². The number of halogens is 1. The predicted molar refractivity (Wildman–Crippen MR) is 121 cm³/mol. The number of anilines is 1. The first-order valence-electron chi connectivity index (χ1n) is 9.48. The highest BCUT2D eigenvalue weighted by atomic mass is 35.5. The van der Waals surface area contributed by atoms with Crippen LogP contribution in [0.25, 0.3) is 0 Å². The molecule has 1 heterocycles. The number of aliphatic imine (C=N–C) groups is 1. The first-order chi connectivity index (χ1) is 13.8. The number of hydrogen-bond donors (Lipinski definition) is 1. The molecule has 3 rings (SSSR count). The first-order valence-corrected chi connectivity index (χ1v) is 10.7. The van der Waals surface area contributed by atoms with E-state index >= 15 is 0 Å². The van der Waals surface area contributed by atoms with Crippen molar-refractivity contribution in [2.45, 2.75) is 39.4 Å². The van der Waals surface area contributed by atoms with Crippen molar-refractivity contribution in [2.24, 2.45) is 4.99 Å². The van der Waals surface area contributed by atoms with E-state index in [-0.39, 0.29) is 18.2 Å². The summed E-state index contributed by atoms with van der Waals surface area (Å²) in [5.41, 5.74) is 4.87. The summed E-state index contributed by atoms with van der Waals surface area (Å²) in [7, 11) is 0. The van der Waals surface area contributed by atoms with Gasteiger partial charge in [-0.1, -0.05) is 41.1 Å². The maximum absolute atomic E-state index is 12.8. The molecule has 2 aromatic rings. The third-order valence-corrected chi connectivity index (χ3v) is 6.11. The van der Waals surface area contributed by atoms with E-state index < -0.39 is 5.25 Å². The number of amidine groups is 1. The van der Waals surface area contributed by atoms with Crippen LogP contribution in [0.1, 0.15) is 30.0 Å². The fourth-order valence-electron chi connectivity index (χ4n) is 3.37. The molecule has 1 N–H and O–H groups in total. The lowest BCUT2D eigenvalue weighted by atomic mass is 10.1. The Morgan fingerprint density at radius 2 is 1.79 bits per heavy atom. The number of amides is 2. The van der Waals surface area contributed by atoms with Crippen molar-refractivity contribution >= 4 is 51.7 Å². The normalized spacial score (nSPS) is 17.8. The topological polar surface area (TPSA) is 61.8 Å². The van der Waals surface area contributed by atoms with Gasteiger partial charge >= 0.3 is 0 Å². The van der Waals surface area contributed by atoms with Gasteiger partial charge in [0.05, 0.1) is 5.69 Å². The molecule has 0 radical (unpaired) electrons. The average Bonchev–Trinajstić information content (AvgIpc) is 2.94. The molecule has 0 spiro atoms. The van der Waals surface area contributed by atoms with Crippen molar-refractivity contribution in [3.05, 3.63) is 58.1 Å². The standard InChI is InChI=1S/C22H24ClN3O2S/c1-5-26-21(28)18(12-19(27)24-17-8-6-16(23)7-9-17)29-22(26)25-20-14(3)10-13(2)11-15(20)4/h6-11,18H,5,12H2,1-4H3,(H,24,27). The fourth-order valence-corrected chi connectivity index (χ4v) is 4.71. The molecule has 2 aromatic carbocycles. The van der Waals surface area contributed by atoms with Crippen LogP contribution >= 0.6 is 23.4 Å². The van der Waals surface area contributed by atoms with Gasteiger partial charge in [-0.15, -0.1) is 0 Å². The lowest BCUT2D eigenvalue weighted by Gasteiger charge is -2.14. The lowest BCUT2D eigenvalue weighted by molar-refractivity contribution is -0.128. The molecular weight excluding hydrogens is 406 g/mol. The molecule has 1 unspecified atom stereocenters. The van der Waals surface area contributed by atoms with E-state index in [1.54, 1.807) is 29.2 Å². The fraction of sp³-hybridized carbons (Fsp3) is 0.318. The smallest absolute Gasteiger partial charge is 0.242 e. The second-order valence-corrected chi connectivity index (χ2v) is 8.70. The molecule has 1 saturated heterocycles. The number of rotatable bonds is 5. The summed E-state index contributed by atoms with van der Waals surface area (Å²) in [6.45, 7) is 8.53. The molecule has 1 fully saturated rings. The largest absolute Gasteiger partial charge is 0.326 e. The second-order valence-electron chi connectivity index (χ2n) is 7.09. The summed E-state index contributed by atoms with van der Waals surface area (Å²) in [6, 6.07) is 11.1. The summed E-state index contributed by atoms with van der Waals surface area (Å²) >= 11 is 7.22. The van der Waals surface area contributed by atoms with Crippen LogP contribution in [-0.2, 0) is 9.59 Å². The summed E-state index contributed by atoms with van der Waals surface area (Å²) in [5, 5.41) is 3.59. The van der Waals surface area contributed by atoms with Gasteiger partial charge in [-0.3, -0.25) is 14.5 Å². The highest BCUT2D eigenvalue weighted by Gasteiger charge is 2.38. The molecule has 29 heavy (non-hydrogen) atoms. The van der Waals surface area contributed by atoms with Crippen LogP contribution in [0.15, 0.2) is 41.4 Å². The Kier molecular flexibility index (Phi) is 6.65. The number of carbonyl (C=O) groups is 2. The predicted octanol–water partition coefficient (Wildman–Crippen LogP) is 5.25. The van der Waals surface area contributed by atoms with Crippen LogP contribution in [0.4, 0.5) is 11.4 Å². The minimum absolute atomic E-state index is 0.0788. The average molecular weight is 430 g/mol. The monoisotopic (exact) mass is 429 g/mol. The zero-order chi connectivity index (χ0) is 21.1. The van der Waals surface area contributed by atoms with Crippen molar-refractivity contribution in [1.82, 2.24) is 4.90 Å². The molecule has 0 aliphatic carbocycles. The quantitative estimate of drug-likeness (QED) is 0.706. The number of aryl methyl sites for hydroxylation is 3. The summed E-state index contributed by atoms with van der Waals surface area (Å²) < 4.78 is 0. The third-order valence-electron chi connectivity index (χ3n) is 4.68. The van der Waals surface area contributed by atoms with Crippen LogP contribution in [0.2, 0.25) is 5.02 Å². The van der Waals surface area contributed by atoms with Crippen LogP contribution in [0, 0.1) is 20.8 Å². The summed E-state index contributed by atoms with van der Waals surface area (Å²) in [5.74, 6) is -0.289. The molecule has 5 nitrogen and oxygen atoms in total. The second kappa shape index (κ2) is 9.01. The number of nitrogens with zero attached hydrogens (tertiary/aromatic N) is 2. The SMILES string of the molecule is CCN1C(=O)C(CC(=O)Nc2ccc(Cl)cc2)SC1=Nc1c(C)cc(C)cc1C. The minimum Gasteiger partial charge on any atom is -0.326 e.